The summed E-state index contributed by atoms with van der Waals surface area (Å²) in [6, 6.07) is 17.3. The van der Waals surface area contributed by atoms with Crippen molar-refractivity contribution in [2.45, 2.75) is 70.0 Å². The third-order valence-electron chi connectivity index (χ3n) is 7.59. The molecule has 1 aliphatic rings. The SMILES string of the molecule is Cc1ccc(N(CC(=O)N(Cc2ccc(Cl)cc2)C(C)C(=O)NC2CCCC2)S(=O)(=O)c2ccc(Cl)cc2)cc1C. The Morgan fingerprint density at radius 2 is 1.49 bits per heavy atom. The van der Waals surface area contributed by atoms with Crippen LogP contribution >= 0.6 is 23.2 Å². The van der Waals surface area contributed by atoms with Gasteiger partial charge in [-0.2, -0.15) is 0 Å². The lowest BCUT2D eigenvalue weighted by molar-refractivity contribution is -0.139. The zero-order valence-corrected chi connectivity index (χ0v) is 25.8. The standard InChI is InChI=1S/C31H35Cl2N3O4S/c1-21-8-15-28(18-22(21)2)36(41(39,40)29-16-13-26(33)14-17-29)20-30(37)35(19-24-9-11-25(32)12-10-24)23(3)31(38)34-27-6-4-5-7-27/h8-18,23,27H,4-7,19-20H2,1-3H3,(H,34,38). The Bertz CT molecular complexity index is 1490. The van der Waals surface area contributed by atoms with Gasteiger partial charge in [-0.05, 0) is 98.8 Å². The van der Waals surface area contributed by atoms with E-state index in [1.165, 1.54) is 29.2 Å². The highest BCUT2D eigenvalue weighted by atomic mass is 35.5. The van der Waals surface area contributed by atoms with Crippen LogP contribution < -0.4 is 9.62 Å². The van der Waals surface area contributed by atoms with Crippen LogP contribution in [0.3, 0.4) is 0 Å². The smallest absolute Gasteiger partial charge is 0.264 e. The lowest BCUT2D eigenvalue weighted by Gasteiger charge is -2.32. The molecule has 0 saturated heterocycles. The molecular weight excluding hydrogens is 581 g/mol. The maximum atomic E-state index is 14.1. The number of hydrogen-bond donors (Lipinski definition) is 1. The summed E-state index contributed by atoms with van der Waals surface area (Å²) in [5, 5.41) is 4.02. The molecule has 218 valence electrons. The first-order valence-electron chi connectivity index (χ1n) is 13.7. The average Bonchev–Trinajstić information content (AvgIpc) is 3.45. The van der Waals surface area contributed by atoms with Crippen molar-refractivity contribution >= 4 is 50.7 Å². The Hall–Kier alpha value is -3.07. The minimum Gasteiger partial charge on any atom is -0.352 e. The fourth-order valence-electron chi connectivity index (χ4n) is 4.90. The Balaban J connectivity index is 1.70. The van der Waals surface area contributed by atoms with E-state index in [1.54, 1.807) is 43.3 Å². The number of hydrogen-bond acceptors (Lipinski definition) is 4. The molecule has 1 saturated carbocycles. The summed E-state index contributed by atoms with van der Waals surface area (Å²) in [5.74, 6) is -0.776. The van der Waals surface area contributed by atoms with Crippen LogP contribution in [0.1, 0.15) is 49.3 Å². The zero-order valence-electron chi connectivity index (χ0n) is 23.4. The number of carbonyl (C=O) groups is 2. The number of amides is 2. The summed E-state index contributed by atoms with van der Waals surface area (Å²) in [4.78, 5) is 28.8. The second kappa shape index (κ2) is 13.3. The Morgan fingerprint density at radius 3 is 2.07 bits per heavy atom. The molecule has 1 unspecified atom stereocenters. The molecular formula is C31H35Cl2N3O4S. The van der Waals surface area contributed by atoms with Crippen molar-refractivity contribution < 1.29 is 18.0 Å². The number of carbonyl (C=O) groups excluding carboxylic acids is 2. The molecule has 0 aliphatic heterocycles. The molecule has 1 N–H and O–H groups in total. The van der Waals surface area contributed by atoms with Crippen molar-refractivity contribution in [3.63, 3.8) is 0 Å². The molecule has 3 aromatic rings. The molecule has 3 aromatic carbocycles. The van der Waals surface area contributed by atoms with Crippen molar-refractivity contribution in [2.24, 2.45) is 0 Å². The highest BCUT2D eigenvalue weighted by Crippen LogP contribution is 2.27. The van der Waals surface area contributed by atoms with Gasteiger partial charge in [0.05, 0.1) is 10.6 Å². The number of sulfonamides is 1. The Morgan fingerprint density at radius 1 is 0.902 bits per heavy atom. The summed E-state index contributed by atoms with van der Waals surface area (Å²) in [6.45, 7) is 5.10. The van der Waals surface area contributed by atoms with E-state index in [2.05, 4.69) is 5.32 Å². The fraction of sp³-hybridized carbons (Fsp3) is 0.355. The number of halogens is 2. The van der Waals surface area contributed by atoms with E-state index in [-0.39, 0.29) is 23.4 Å². The number of benzene rings is 3. The molecule has 0 heterocycles. The van der Waals surface area contributed by atoms with Crippen molar-refractivity contribution in [2.75, 3.05) is 10.8 Å². The summed E-state index contributed by atoms with van der Waals surface area (Å²) >= 11 is 12.1. The van der Waals surface area contributed by atoms with E-state index in [4.69, 9.17) is 23.2 Å². The monoisotopic (exact) mass is 615 g/mol. The molecule has 0 spiro atoms. The topological polar surface area (TPSA) is 86.8 Å². The minimum absolute atomic E-state index is 0.00389. The fourth-order valence-corrected chi connectivity index (χ4v) is 6.56. The maximum Gasteiger partial charge on any atom is 0.264 e. The van der Waals surface area contributed by atoms with Gasteiger partial charge in [0, 0.05) is 22.6 Å². The molecule has 41 heavy (non-hydrogen) atoms. The number of nitrogens with zero attached hydrogens (tertiary/aromatic N) is 2. The van der Waals surface area contributed by atoms with Gasteiger partial charge in [-0.1, -0.05) is 54.2 Å². The van der Waals surface area contributed by atoms with E-state index in [1.807, 2.05) is 19.9 Å². The van der Waals surface area contributed by atoms with Gasteiger partial charge in [-0.25, -0.2) is 8.42 Å². The van der Waals surface area contributed by atoms with Gasteiger partial charge in [-0.3, -0.25) is 13.9 Å². The van der Waals surface area contributed by atoms with E-state index < -0.39 is 28.5 Å². The van der Waals surface area contributed by atoms with Crippen LogP contribution in [0, 0.1) is 13.8 Å². The molecule has 1 aliphatic carbocycles. The van der Waals surface area contributed by atoms with Gasteiger partial charge in [-0.15, -0.1) is 0 Å². The van der Waals surface area contributed by atoms with E-state index in [9.17, 15) is 18.0 Å². The van der Waals surface area contributed by atoms with Gasteiger partial charge in [0.15, 0.2) is 0 Å². The first kappa shape index (κ1) is 30.9. The predicted octanol–water partition coefficient (Wildman–Crippen LogP) is 6.28. The Labute approximate surface area is 252 Å². The van der Waals surface area contributed by atoms with Gasteiger partial charge in [0.25, 0.3) is 10.0 Å². The van der Waals surface area contributed by atoms with Crippen LogP contribution in [0.25, 0.3) is 0 Å². The van der Waals surface area contributed by atoms with Crippen molar-refractivity contribution in [1.29, 1.82) is 0 Å². The quantitative estimate of drug-likeness (QED) is 0.291. The zero-order chi connectivity index (χ0) is 29.7. The van der Waals surface area contributed by atoms with Crippen molar-refractivity contribution in [1.82, 2.24) is 10.2 Å². The molecule has 10 heteroatoms. The lowest BCUT2D eigenvalue weighted by Crippen LogP contribution is -2.52. The van der Waals surface area contributed by atoms with Crippen LogP contribution in [-0.2, 0) is 26.2 Å². The van der Waals surface area contributed by atoms with E-state index in [0.717, 1.165) is 46.7 Å². The summed E-state index contributed by atoms with van der Waals surface area (Å²) in [5.41, 5.74) is 2.99. The minimum atomic E-state index is -4.16. The first-order valence-corrected chi connectivity index (χ1v) is 15.8. The molecule has 0 bridgehead atoms. The van der Waals surface area contributed by atoms with Crippen LogP contribution in [-0.4, -0.2) is 43.8 Å². The van der Waals surface area contributed by atoms with Gasteiger partial charge >= 0.3 is 0 Å². The maximum absolute atomic E-state index is 14.1. The van der Waals surface area contributed by atoms with E-state index in [0.29, 0.717) is 15.7 Å². The van der Waals surface area contributed by atoms with Crippen molar-refractivity contribution in [3.05, 3.63) is 93.5 Å². The summed E-state index contributed by atoms with van der Waals surface area (Å²) in [7, 11) is -4.16. The van der Waals surface area contributed by atoms with Gasteiger partial charge in [0.1, 0.15) is 12.6 Å². The molecule has 7 nitrogen and oxygen atoms in total. The number of nitrogens with one attached hydrogen (secondary N) is 1. The van der Waals surface area contributed by atoms with Crippen LogP contribution in [0.15, 0.2) is 71.6 Å². The third kappa shape index (κ3) is 7.61. The highest BCUT2D eigenvalue weighted by Gasteiger charge is 2.33. The molecule has 1 atom stereocenters. The number of aryl methyl sites for hydroxylation is 2. The third-order valence-corrected chi connectivity index (χ3v) is 9.89. The molecule has 2 amide bonds. The molecule has 0 radical (unpaired) electrons. The average molecular weight is 617 g/mol. The van der Waals surface area contributed by atoms with Gasteiger partial charge in [0.2, 0.25) is 11.8 Å². The van der Waals surface area contributed by atoms with Crippen LogP contribution in [0.2, 0.25) is 10.0 Å². The number of rotatable bonds is 10. The second-order valence-electron chi connectivity index (χ2n) is 10.5. The van der Waals surface area contributed by atoms with Gasteiger partial charge < -0.3 is 10.2 Å². The largest absolute Gasteiger partial charge is 0.352 e. The van der Waals surface area contributed by atoms with Crippen molar-refractivity contribution in [3.8, 4) is 0 Å². The van der Waals surface area contributed by atoms with E-state index >= 15 is 0 Å². The molecule has 4 rings (SSSR count). The van der Waals surface area contributed by atoms with Crippen LogP contribution in [0.5, 0.6) is 0 Å². The first-order chi connectivity index (χ1) is 19.5. The molecule has 1 fully saturated rings. The lowest BCUT2D eigenvalue weighted by atomic mass is 10.1. The Kier molecular flexibility index (Phi) is 10.00. The van der Waals surface area contributed by atoms with Crippen LogP contribution in [0.4, 0.5) is 5.69 Å². The predicted molar refractivity (Wildman–Crippen MR) is 164 cm³/mol. The summed E-state index contributed by atoms with van der Waals surface area (Å²) < 4.78 is 29.0. The summed E-state index contributed by atoms with van der Waals surface area (Å²) in [6.07, 6.45) is 3.92. The highest BCUT2D eigenvalue weighted by molar-refractivity contribution is 7.92. The molecule has 0 aromatic heterocycles. The normalized spacial score (nSPS) is 14.5. The second-order valence-corrected chi connectivity index (χ2v) is 13.3. The number of anilines is 1.